The molecule has 2 rings (SSSR count). The number of dihydropyridines is 1. The third-order valence-electron chi connectivity index (χ3n) is 2.73. The lowest BCUT2D eigenvalue weighted by atomic mass is 10.2. The van der Waals surface area contributed by atoms with E-state index in [0.29, 0.717) is 0 Å². The Bertz CT molecular complexity index is 292. The van der Waals surface area contributed by atoms with Crippen molar-refractivity contribution in [2.75, 3.05) is 26.2 Å². The lowest BCUT2D eigenvalue weighted by Crippen LogP contribution is -2.46. The zero-order valence-electron chi connectivity index (χ0n) is 8.60. The van der Waals surface area contributed by atoms with Gasteiger partial charge >= 0.3 is 0 Å². The van der Waals surface area contributed by atoms with Crippen molar-refractivity contribution in [3.8, 4) is 0 Å². The van der Waals surface area contributed by atoms with Crippen molar-refractivity contribution in [2.45, 2.75) is 6.17 Å². The van der Waals surface area contributed by atoms with Crippen LogP contribution < -0.4 is 11.1 Å². The molecule has 3 N–H and O–H groups in total. The summed E-state index contributed by atoms with van der Waals surface area (Å²) in [4.78, 5) is 14.6. The quantitative estimate of drug-likeness (QED) is 0.574. The van der Waals surface area contributed by atoms with E-state index in [0.717, 1.165) is 38.3 Å². The van der Waals surface area contributed by atoms with Crippen molar-refractivity contribution in [3.63, 3.8) is 0 Å². The molecule has 5 nitrogen and oxygen atoms in total. The number of nitrogens with zero attached hydrogens (tertiary/aromatic N) is 2. The Kier molecular flexibility index (Phi) is 2.91. The molecule has 0 saturated carbocycles. The molecule has 2 heterocycles. The van der Waals surface area contributed by atoms with Crippen molar-refractivity contribution in [1.29, 1.82) is 0 Å². The summed E-state index contributed by atoms with van der Waals surface area (Å²) in [7, 11) is 0. The van der Waals surface area contributed by atoms with Crippen molar-refractivity contribution in [2.24, 2.45) is 5.73 Å². The monoisotopic (exact) mass is 208 g/mol. The van der Waals surface area contributed by atoms with Gasteiger partial charge in [0.2, 0.25) is 6.41 Å². The van der Waals surface area contributed by atoms with Crippen LogP contribution in [-0.2, 0) is 4.79 Å². The SMILES string of the molecule is NC1C=CC(N2CCN(C=O)CC2)=CN1. The standard InChI is InChI=1S/C10H16N4O/c11-10-2-1-9(7-12-10)14-5-3-13(8-15)4-6-14/h1-2,7-8,10,12H,3-6,11H2. The zero-order valence-corrected chi connectivity index (χ0v) is 8.60. The molecule has 15 heavy (non-hydrogen) atoms. The number of hydrogen-bond donors (Lipinski definition) is 2. The van der Waals surface area contributed by atoms with Gasteiger partial charge in [0, 0.05) is 32.4 Å². The van der Waals surface area contributed by atoms with Gasteiger partial charge in [-0.3, -0.25) is 4.79 Å². The molecule has 0 aliphatic carbocycles. The normalized spacial score (nSPS) is 25.9. The third kappa shape index (κ3) is 2.30. The third-order valence-corrected chi connectivity index (χ3v) is 2.73. The van der Waals surface area contributed by atoms with Gasteiger partial charge in [-0.25, -0.2) is 0 Å². The number of carbonyl (C=O) groups is 1. The van der Waals surface area contributed by atoms with E-state index in [1.165, 1.54) is 0 Å². The molecule has 5 heteroatoms. The Balaban J connectivity index is 1.91. The molecule has 0 aromatic rings. The molecular formula is C10H16N4O. The molecule has 0 bridgehead atoms. The molecule has 1 amide bonds. The second kappa shape index (κ2) is 4.35. The van der Waals surface area contributed by atoms with E-state index in [1.807, 2.05) is 18.4 Å². The van der Waals surface area contributed by atoms with Gasteiger partial charge in [0.25, 0.3) is 0 Å². The fourth-order valence-corrected chi connectivity index (χ4v) is 1.77. The summed E-state index contributed by atoms with van der Waals surface area (Å²) in [5.74, 6) is 0. The maximum Gasteiger partial charge on any atom is 0.209 e. The number of allylic oxidation sites excluding steroid dienone is 1. The van der Waals surface area contributed by atoms with Gasteiger partial charge in [0.15, 0.2) is 0 Å². The summed E-state index contributed by atoms with van der Waals surface area (Å²) in [6, 6.07) is 0. The van der Waals surface area contributed by atoms with E-state index >= 15 is 0 Å². The first-order valence-electron chi connectivity index (χ1n) is 5.14. The second-order valence-electron chi connectivity index (χ2n) is 3.75. The summed E-state index contributed by atoms with van der Waals surface area (Å²) in [5.41, 5.74) is 6.80. The zero-order chi connectivity index (χ0) is 10.7. The number of carbonyl (C=O) groups excluding carboxylic acids is 1. The predicted octanol–water partition coefficient (Wildman–Crippen LogP) is -0.954. The number of nitrogens with two attached hydrogens (primary N) is 1. The molecule has 1 saturated heterocycles. The number of piperazine rings is 1. The molecule has 2 aliphatic rings. The molecule has 2 aliphatic heterocycles. The average Bonchev–Trinajstić information content (AvgIpc) is 2.30. The van der Waals surface area contributed by atoms with Crippen molar-refractivity contribution < 1.29 is 4.79 Å². The summed E-state index contributed by atoms with van der Waals surface area (Å²) in [6.07, 6.45) is 6.72. The van der Waals surface area contributed by atoms with Crippen LogP contribution in [0.5, 0.6) is 0 Å². The van der Waals surface area contributed by atoms with Gasteiger partial charge in [0.1, 0.15) is 0 Å². The Morgan fingerprint density at radius 2 is 2.13 bits per heavy atom. The molecule has 0 spiro atoms. The first kappa shape index (κ1) is 10.0. The minimum absolute atomic E-state index is 0.0787. The highest BCUT2D eigenvalue weighted by atomic mass is 16.1. The molecular weight excluding hydrogens is 192 g/mol. The van der Waals surface area contributed by atoms with Gasteiger partial charge in [-0.1, -0.05) is 0 Å². The lowest BCUT2D eigenvalue weighted by Gasteiger charge is -2.35. The first-order chi connectivity index (χ1) is 7.29. The van der Waals surface area contributed by atoms with E-state index in [4.69, 9.17) is 5.73 Å². The Morgan fingerprint density at radius 3 is 2.67 bits per heavy atom. The van der Waals surface area contributed by atoms with Crippen LogP contribution >= 0.6 is 0 Å². The predicted molar refractivity (Wildman–Crippen MR) is 57.5 cm³/mol. The second-order valence-corrected chi connectivity index (χ2v) is 3.75. The van der Waals surface area contributed by atoms with Crippen LogP contribution in [0, 0.1) is 0 Å². The van der Waals surface area contributed by atoms with E-state index in [2.05, 4.69) is 10.2 Å². The van der Waals surface area contributed by atoms with E-state index in [-0.39, 0.29) is 6.17 Å². The van der Waals surface area contributed by atoms with E-state index in [1.54, 1.807) is 4.90 Å². The molecule has 1 atom stereocenters. The smallest absolute Gasteiger partial charge is 0.209 e. The van der Waals surface area contributed by atoms with Gasteiger partial charge in [0.05, 0.1) is 11.9 Å². The molecule has 1 unspecified atom stereocenters. The Morgan fingerprint density at radius 1 is 1.40 bits per heavy atom. The van der Waals surface area contributed by atoms with Gasteiger partial charge in [-0.05, 0) is 12.2 Å². The highest BCUT2D eigenvalue weighted by Gasteiger charge is 2.17. The molecule has 0 aromatic carbocycles. The maximum absolute atomic E-state index is 10.5. The average molecular weight is 208 g/mol. The van der Waals surface area contributed by atoms with Crippen LogP contribution in [0.1, 0.15) is 0 Å². The summed E-state index contributed by atoms with van der Waals surface area (Å²) in [5, 5.41) is 3.06. The highest BCUT2D eigenvalue weighted by molar-refractivity contribution is 5.47. The van der Waals surface area contributed by atoms with Crippen LogP contribution in [0.15, 0.2) is 24.0 Å². The van der Waals surface area contributed by atoms with Crippen molar-refractivity contribution in [1.82, 2.24) is 15.1 Å². The maximum atomic E-state index is 10.5. The first-order valence-corrected chi connectivity index (χ1v) is 5.14. The highest BCUT2D eigenvalue weighted by Crippen LogP contribution is 2.11. The molecule has 0 radical (unpaired) electrons. The Labute approximate surface area is 89.2 Å². The summed E-state index contributed by atoms with van der Waals surface area (Å²) in [6.45, 7) is 3.35. The Hall–Kier alpha value is -1.49. The fraction of sp³-hybridized carbons (Fsp3) is 0.500. The van der Waals surface area contributed by atoms with Crippen LogP contribution in [0.3, 0.4) is 0 Å². The van der Waals surface area contributed by atoms with Crippen LogP contribution in [0.2, 0.25) is 0 Å². The van der Waals surface area contributed by atoms with Gasteiger partial charge in [-0.2, -0.15) is 0 Å². The lowest BCUT2D eigenvalue weighted by molar-refractivity contribution is -0.119. The largest absolute Gasteiger partial charge is 0.371 e. The molecule has 82 valence electrons. The number of nitrogens with one attached hydrogen (secondary N) is 1. The number of amides is 1. The number of rotatable bonds is 2. The van der Waals surface area contributed by atoms with Crippen LogP contribution in [0.25, 0.3) is 0 Å². The van der Waals surface area contributed by atoms with E-state index in [9.17, 15) is 4.79 Å². The van der Waals surface area contributed by atoms with Crippen LogP contribution in [0.4, 0.5) is 0 Å². The fourth-order valence-electron chi connectivity index (χ4n) is 1.77. The van der Waals surface area contributed by atoms with E-state index < -0.39 is 0 Å². The van der Waals surface area contributed by atoms with Crippen molar-refractivity contribution in [3.05, 3.63) is 24.0 Å². The van der Waals surface area contributed by atoms with Crippen LogP contribution in [-0.4, -0.2) is 48.6 Å². The minimum atomic E-state index is -0.0787. The van der Waals surface area contributed by atoms with Gasteiger partial charge in [-0.15, -0.1) is 0 Å². The van der Waals surface area contributed by atoms with Gasteiger partial charge < -0.3 is 20.9 Å². The number of hydrogen-bond acceptors (Lipinski definition) is 4. The topological polar surface area (TPSA) is 61.6 Å². The molecule has 1 fully saturated rings. The summed E-state index contributed by atoms with van der Waals surface area (Å²) < 4.78 is 0. The summed E-state index contributed by atoms with van der Waals surface area (Å²) >= 11 is 0. The van der Waals surface area contributed by atoms with Crippen molar-refractivity contribution >= 4 is 6.41 Å². The molecule has 0 aromatic heterocycles. The minimum Gasteiger partial charge on any atom is -0.371 e.